The predicted octanol–water partition coefficient (Wildman–Crippen LogP) is 9.40. The Morgan fingerprint density at radius 1 is 0.457 bits per heavy atom. The van der Waals surface area contributed by atoms with Gasteiger partial charge in [-0.05, 0) is 42.9 Å². The van der Waals surface area contributed by atoms with Crippen LogP contribution in [0.15, 0.2) is 55.0 Å². The first kappa shape index (κ1) is 27.0. The molecule has 0 saturated carbocycles. The van der Waals surface area contributed by atoms with Gasteiger partial charge in [0.15, 0.2) is 5.82 Å². The van der Waals surface area contributed by atoms with Crippen molar-refractivity contribution in [2.24, 2.45) is 0 Å². The fourth-order valence-electron chi connectivity index (χ4n) is 4.56. The molecule has 0 saturated heterocycles. The zero-order valence-electron chi connectivity index (χ0n) is 22.1. The lowest BCUT2D eigenvalue weighted by molar-refractivity contribution is 0.589. The van der Waals surface area contributed by atoms with Gasteiger partial charge in [-0.1, -0.05) is 115 Å². The van der Waals surface area contributed by atoms with Crippen LogP contribution in [-0.2, 0) is 12.8 Å². The first-order chi connectivity index (χ1) is 17.3. The summed E-state index contributed by atoms with van der Waals surface area (Å²) in [5.41, 5.74) is 5.79. The molecule has 2 heterocycles. The Hall–Kier alpha value is -2.55. The maximum Gasteiger partial charge on any atom is 0.159 e. The maximum atomic E-state index is 4.72. The molecule has 3 heteroatoms. The van der Waals surface area contributed by atoms with Gasteiger partial charge in [0.2, 0.25) is 0 Å². The van der Waals surface area contributed by atoms with E-state index < -0.39 is 0 Å². The lowest BCUT2D eigenvalue weighted by Crippen LogP contribution is -1.94. The summed E-state index contributed by atoms with van der Waals surface area (Å²) in [7, 11) is 0. The van der Waals surface area contributed by atoms with Crippen molar-refractivity contribution in [2.75, 3.05) is 0 Å². The Balaban J connectivity index is 1.43. The Morgan fingerprint density at radius 3 is 1.49 bits per heavy atom. The quantitative estimate of drug-likeness (QED) is 0.184. The van der Waals surface area contributed by atoms with Gasteiger partial charge in [0, 0.05) is 29.7 Å². The third-order valence-corrected chi connectivity index (χ3v) is 6.86. The van der Waals surface area contributed by atoms with Crippen molar-refractivity contribution in [1.82, 2.24) is 15.0 Å². The molecule has 0 bridgehead atoms. The number of benzene rings is 1. The number of hydrogen-bond donors (Lipinski definition) is 0. The number of aryl methyl sites for hydroxylation is 2. The van der Waals surface area contributed by atoms with Crippen molar-refractivity contribution in [2.45, 2.75) is 110 Å². The van der Waals surface area contributed by atoms with Crippen LogP contribution in [0.3, 0.4) is 0 Å². The van der Waals surface area contributed by atoms with Gasteiger partial charge in [-0.2, -0.15) is 0 Å². The van der Waals surface area contributed by atoms with E-state index in [1.54, 1.807) is 0 Å². The molecule has 3 rings (SSSR count). The fraction of sp³-hybridized carbons (Fsp3) is 0.531. The van der Waals surface area contributed by atoms with Crippen LogP contribution in [0.25, 0.3) is 22.6 Å². The van der Waals surface area contributed by atoms with Crippen molar-refractivity contribution in [3.05, 3.63) is 66.1 Å². The molecule has 35 heavy (non-hydrogen) atoms. The third kappa shape index (κ3) is 9.92. The van der Waals surface area contributed by atoms with Crippen LogP contribution in [-0.4, -0.2) is 15.0 Å². The molecule has 0 N–H and O–H groups in total. The minimum Gasteiger partial charge on any atom is -0.256 e. The van der Waals surface area contributed by atoms with Gasteiger partial charge in [0.05, 0.1) is 5.69 Å². The molecule has 0 aliphatic carbocycles. The predicted molar refractivity (Wildman–Crippen MR) is 149 cm³/mol. The third-order valence-electron chi connectivity index (χ3n) is 6.86. The van der Waals surface area contributed by atoms with Crippen molar-refractivity contribution >= 4 is 0 Å². The highest BCUT2D eigenvalue weighted by atomic mass is 14.9. The molecule has 3 aromatic rings. The molecule has 0 aliphatic rings. The molecule has 188 valence electrons. The molecule has 0 unspecified atom stereocenters. The Kier molecular flexibility index (Phi) is 12.5. The summed E-state index contributed by atoms with van der Waals surface area (Å²) in [6, 6.07) is 12.8. The van der Waals surface area contributed by atoms with E-state index in [9.17, 15) is 0 Å². The first-order valence-corrected chi connectivity index (χ1v) is 14.2. The molecule has 1 aromatic carbocycles. The van der Waals surface area contributed by atoms with E-state index in [4.69, 9.17) is 4.98 Å². The normalized spacial score (nSPS) is 11.1. The highest BCUT2D eigenvalue weighted by Gasteiger charge is 2.05. The molecule has 3 nitrogen and oxygen atoms in total. The largest absolute Gasteiger partial charge is 0.256 e. The van der Waals surface area contributed by atoms with Gasteiger partial charge >= 0.3 is 0 Å². The Labute approximate surface area is 213 Å². The van der Waals surface area contributed by atoms with Crippen molar-refractivity contribution in [1.29, 1.82) is 0 Å². The van der Waals surface area contributed by atoms with Gasteiger partial charge in [0.1, 0.15) is 0 Å². The lowest BCUT2D eigenvalue weighted by atomic mass is 10.0. The molecule has 0 atom stereocenters. The molecule has 2 aromatic heterocycles. The van der Waals surface area contributed by atoms with E-state index in [1.807, 2.05) is 18.6 Å². The van der Waals surface area contributed by atoms with Crippen LogP contribution in [0, 0.1) is 0 Å². The maximum absolute atomic E-state index is 4.72. The average molecular weight is 472 g/mol. The van der Waals surface area contributed by atoms with Crippen molar-refractivity contribution < 1.29 is 0 Å². The second-order valence-electron chi connectivity index (χ2n) is 9.93. The lowest BCUT2D eigenvalue weighted by Gasteiger charge is -2.06. The summed E-state index contributed by atoms with van der Waals surface area (Å²) < 4.78 is 0. The SMILES string of the molecule is CCCCCCCCCc1ccc(-c2ccc(-c3ncc(CCCCCCCC)cn3)cc2)nc1. The van der Waals surface area contributed by atoms with Crippen LogP contribution in [0.1, 0.15) is 108 Å². The van der Waals surface area contributed by atoms with Crippen LogP contribution in [0.5, 0.6) is 0 Å². The van der Waals surface area contributed by atoms with Gasteiger partial charge in [0.25, 0.3) is 0 Å². The van der Waals surface area contributed by atoms with E-state index >= 15 is 0 Å². The summed E-state index contributed by atoms with van der Waals surface area (Å²) >= 11 is 0. The number of hydrogen-bond acceptors (Lipinski definition) is 3. The summed E-state index contributed by atoms with van der Waals surface area (Å²) in [6.07, 6.45) is 25.6. The van der Waals surface area contributed by atoms with Crippen molar-refractivity contribution in [3.63, 3.8) is 0 Å². The van der Waals surface area contributed by atoms with Crippen LogP contribution in [0.2, 0.25) is 0 Å². The minimum absolute atomic E-state index is 0.793. The first-order valence-electron chi connectivity index (χ1n) is 14.2. The average Bonchev–Trinajstić information content (AvgIpc) is 2.91. The van der Waals surface area contributed by atoms with E-state index in [1.165, 1.54) is 94.6 Å². The molecule has 0 radical (unpaired) electrons. The van der Waals surface area contributed by atoms with Crippen LogP contribution in [0.4, 0.5) is 0 Å². The summed E-state index contributed by atoms with van der Waals surface area (Å²) in [6.45, 7) is 4.54. The monoisotopic (exact) mass is 471 g/mol. The summed E-state index contributed by atoms with van der Waals surface area (Å²) in [4.78, 5) is 14.0. The molecule has 0 aliphatic heterocycles. The smallest absolute Gasteiger partial charge is 0.159 e. The molecule has 0 fully saturated rings. The Bertz CT molecular complexity index is 930. The molecular weight excluding hydrogens is 426 g/mol. The summed E-state index contributed by atoms with van der Waals surface area (Å²) in [5, 5.41) is 0. The van der Waals surface area contributed by atoms with Crippen molar-refractivity contribution in [3.8, 4) is 22.6 Å². The van der Waals surface area contributed by atoms with Gasteiger partial charge in [-0.25, -0.2) is 9.97 Å². The summed E-state index contributed by atoms with van der Waals surface area (Å²) in [5.74, 6) is 0.793. The Morgan fingerprint density at radius 2 is 0.943 bits per heavy atom. The van der Waals surface area contributed by atoms with Gasteiger partial charge < -0.3 is 0 Å². The topological polar surface area (TPSA) is 38.7 Å². The molecule has 0 amide bonds. The number of unbranched alkanes of at least 4 members (excludes halogenated alkanes) is 11. The highest BCUT2D eigenvalue weighted by molar-refractivity contribution is 5.65. The zero-order chi connectivity index (χ0) is 24.6. The fourth-order valence-corrected chi connectivity index (χ4v) is 4.56. The number of rotatable bonds is 17. The van der Waals surface area contributed by atoms with E-state index in [0.29, 0.717) is 0 Å². The second kappa shape index (κ2) is 16.2. The van der Waals surface area contributed by atoms with Crippen LogP contribution >= 0.6 is 0 Å². The second-order valence-corrected chi connectivity index (χ2v) is 9.93. The standard InChI is InChI=1S/C32H45N3/c1-3-5-7-9-11-13-14-16-27-18-23-31(33-24-27)29-19-21-30(22-20-29)32-34-25-28(26-35-32)17-15-12-10-8-6-4-2/h18-26H,3-17H2,1-2H3. The minimum atomic E-state index is 0.793. The molecule has 0 spiro atoms. The van der Waals surface area contributed by atoms with E-state index in [2.05, 4.69) is 60.2 Å². The number of aromatic nitrogens is 3. The van der Waals surface area contributed by atoms with Crippen LogP contribution < -0.4 is 0 Å². The zero-order valence-corrected chi connectivity index (χ0v) is 22.1. The number of nitrogens with zero attached hydrogens (tertiary/aromatic N) is 3. The van der Waals surface area contributed by atoms with Gasteiger partial charge in [-0.15, -0.1) is 0 Å². The highest BCUT2D eigenvalue weighted by Crippen LogP contribution is 2.22. The number of pyridine rings is 1. The van der Waals surface area contributed by atoms with Gasteiger partial charge in [-0.3, -0.25) is 4.98 Å². The van der Waals surface area contributed by atoms with E-state index in [0.717, 1.165) is 35.5 Å². The molecular formula is C32H45N3. The van der Waals surface area contributed by atoms with E-state index in [-0.39, 0.29) is 0 Å².